The van der Waals surface area contributed by atoms with Gasteiger partial charge in [0.15, 0.2) is 5.78 Å². The van der Waals surface area contributed by atoms with Crippen LogP contribution in [0.25, 0.3) is 0 Å². The Hall–Kier alpha value is -1.20. The SMILES string of the molecule is C=CCOC(=O)CCCCCCCCCCCCCCCCCC(=O)C(O)CO. The molecular weight excluding hydrogens is 368 g/mol. The zero-order valence-electron chi connectivity index (χ0n) is 18.4. The molecule has 0 saturated heterocycles. The Labute approximate surface area is 177 Å². The summed E-state index contributed by atoms with van der Waals surface area (Å²) in [7, 11) is 0. The number of carbonyl (C=O) groups excluding carboxylic acids is 2. The molecule has 170 valence electrons. The molecule has 29 heavy (non-hydrogen) atoms. The first-order valence-corrected chi connectivity index (χ1v) is 11.7. The highest BCUT2D eigenvalue weighted by Gasteiger charge is 2.12. The highest BCUT2D eigenvalue weighted by Crippen LogP contribution is 2.14. The van der Waals surface area contributed by atoms with Gasteiger partial charge in [-0.2, -0.15) is 0 Å². The first kappa shape index (κ1) is 27.8. The molecule has 0 aromatic carbocycles. The van der Waals surface area contributed by atoms with Crippen molar-refractivity contribution in [3.63, 3.8) is 0 Å². The lowest BCUT2D eigenvalue weighted by atomic mass is 10.0. The third-order valence-electron chi connectivity index (χ3n) is 5.21. The molecule has 0 aliphatic heterocycles. The van der Waals surface area contributed by atoms with Crippen molar-refractivity contribution in [3.8, 4) is 0 Å². The average Bonchev–Trinajstić information content (AvgIpc) is 2.73. The Balaban J connectivity index is 3.16. The number of unbranched alkanes of at least 4 members (excludes halogenated alkanes) is 14. The van der Waals surface area contributed by atoms with Crippen LogP contribution in [0.5, 0.6) is 0 Å². The third-order valence-corrected chi connectivity index (χ3v) is 5.21. The molecule has 0 aliphatic carbocycles. The molecular formula is C24H44O5. The second-order valence-corrected chi connectivity index (χ2v) is 7.94. The van der Waals surface area contributed by atoms with Gasteiger partial charge in [-0.15, -0.1) is 0 Å². The maximum absolute atomic E-state index is 11.3. The summed E-state index contributed by atoms with van der Waals surface area (Å²) in [4.78, 5) is 22.7. The molecule has 0 heterocycles. The van der Waals surface area contributed by atoms with E-state index in [0.717, 1.165) is 32.1 Å². The van der Waals surface area contributed by atoms with Crippen molar-refractivity contribution in [1.29, 1.82) is 0 Å². The Morgan fingerprint density at radius 3 is 1.48 bits per heavy atom. The summed E-state index contributed by atoms with van der Waals surface area (Å²) < 4.78 is 4.95. The Morgan fingerprint density at radius 2 is 1.10 bits per heavy atom. The molecule has 0 bridgehead atoms. The molecule has 0 aromatic rings. The fourth-order valence-corrected chi connectivity index (χ4v) is 3.36. The number of Topliss-reactive ketones (excluding diaryl/α,β-unsaturated/α-hetero) is 1. The van der Waals surface area contributed by atoms with E-state index in [-0.39, 0.29) is 11.8 Å². The van der Waals surface area contributed by atoms with E-state index in [9.17, 15) is 14.7 Å². The van der Waals surface area contributed by atoms with Crippen LogP contribution in [0.2, 0.25) is 0 Å². The van der Waals surface area contributed by atoms with Crippen molar-refractivity contribution < 1.29 is 24.5 Å². The zero-order valence-corrected chi connectivity index (χ0v) is 18.4. The fraction of sp³-hybridized carbons (Fsp3) is 0.833. The highest BCUT2D eigenvalue weighted by atomic mass is 16.5. The Kier molecular flexibility index (Phi) is 20.6. The van der Waals surface area contributed by atoms with Crippen molar-refractivity contribution in [2.24, 2.45) is 0 Å². The van der Waals surface area contributed by atoms with Crippen LogP contribution in [0.15, 0.2) is 12.7 Å². The number of rotatable bonds is 22. The first-order chi connectivity index (χ1) is 14.1. The summed E-state index contributed by atoms with van der Waals surface area (Å²) in [6.07, 6.45) is 19.2. The van der Waals surface area contributed by atoms with Crippen LogP contribution in [0.1, 0.15) is 109 Å². The molecule has 0 spiro atoms. The van der Waals surface area contributed by atoms with Crippen LogP contribution in [0, 0.1) is 0 Å². The first-order valence-electron chi connectivity index (χ1n) is 11.7. The highest BCUT2D eigenvalue weighted by molar-refractivity contribution is 5.82. The van der Waals surface area contributed by atoms with Gasteiger partial charge in [0, 0.05) is 12.8 Å². The van der Waals surface area contributed by atoms with Gasteiger partial charge in [0.25, 0.3) is 0 Å². The van der Waals surface area contributed by atoms with E-state index < -0.39 is 12.7 Å². The minimum Gasteiger partial charge on any atom is -0.461 e. The number of ether oxygens (including phenoxy) is 1. The maximum Gasteiger partial charge on any atom is 0.306 e. The maximum atomic E-state index is 11.3. The number of aliphatic hydroxyl groups excluding tert-OH is 2. The smallest absolute Gasteiger partial charge is 0.306 e. The summed E-state index contributed by atoms with van der Waals surface area (Å²) in [6.45, 7) is 3.38. The standard InChI is InChI=1S/C24H44O5/c1-2-20-29-24(28)19-17-15-13-11-9-7-5-3-4-6-8-10-12-14-16-18-22(26)23(27)21-25/h2,23,25,27H,1,3-21H2. The minimum atomic E-state index is -1.19. The second kappa shape index (κ2) is 21.5. The molecule has 2 N–H and O–H groups in total. The van der Waals surface area contributed by atoms with Gasteiger partial charge < -0.3 is 14.9 Å². The van der Waals surface area contributed by atoms with Crippen molar-refractivity contribution >= 4 is 11.8 Å². The average molecular weight is 413 g/mol. The lowest BCUT2D eigenvalue weighted by molar-refractivity contribution is -0.142. The van der Waals surface area contributed by atoms with Gasteiger partial charge in [-0.05, 0) is 12.8 Å². The van der Waals surface area contributed by atoms with E-state index in [1.165, 1.54) is 64.2 Å². The van der Waals surface area contributed by atoms with Gasteiger partial charge in [0.2, 0.25) is 0 Å². The number of hydrogen-bond donors (Lipinski definition) is 2. The second-order valence-electron chi connectivity index (χ2n) is 7.94. The number of esters is 1. The normalized spacial score (nSPS) is 11.9. The molecule has 1 atom stereocenters. The third kappa shape index (κ3) is 19.9. The summed E-state index contributed by atoms with van der Waals surface area (Å²) in [5.41, 5.74) is 0. The molecule has 0 fully saturated rings. The number of aliphatic hydroxyl groups is 2. The molecule has 1 unspecified atom stereocenters. The van der Waals surface area contributed by atoms with E-state index in [2.05, 4.69) is 6.58 Å². The molecule has 0 radical (unpaired) electrons. The number of ketones is 1. The summed E-state index contributed by atoms with van der Waals surface area (Å²) in [5.74, 6) is -0.352. The Bertz CT molecular complexity index is 408. The fourth-order valence-electron chi connectivity index (χ4n) is 3.36. The van der Waals surface area contributed by atoms with E-state index >= 15 is 0 Å². The number of carbonyl (C=O) groups is 2. The van der Waals surface area contributed by atoms with Gasteiger partial charge in [-0.3, -0.25) is 9.59 Å². The van der Waals surface area contributed by atoms with E-state index in [1.54, 1.807) is 6.08 Å². The summed E-state index contributed by atoms with van der Waals surface area (Å²) in [5, 5.41) is 17.9. The van der Waals surface area contributed by atoms with E-state index in [4.69, 9.17) is 9.84 Å². The predicted octanol–water partition coefficient (Wildman–Crippen LogP) is 5.27. The molecule has 0 amide bonds. The topological polar surface area (TPSA) is 83.8 Å². The van der Waals surface area contributed by atoms with Crippen LogP contribution in [-0.2, 0) is 14.3 Å². The lowest BCUT2D eigenvalue weighted by Crippen LogP contribution is -2.23. The van der Waals surface area contributed by atoms with Gasteiger partial charge >= 0.3 is 5.97 Å². The van der Waals surface area contributed by atoms with Gasteiger partial charge in [0.1, 0.15) is 12.7 Å². The lowest BCUT2D eigenvalue weighted by Gasteiger charge is -2.06. The quantitative estimate of drug-likeness (QED) is 0.144. The van der Waals surface area contributed by atoms with Gasteiger partial charge in [0.05, 0.1) is 6.61 Å². The van der Waals surface area contributed by atoms with Crippen molar-refractivity contribution in [2.45, 2.75) is 115 Å². The molecule has 5 heteroatoms. The van der Waals surface area contributed by atoms with Gasteiger partial charge in [-0.1, -0.05) is 96.1 Å². The van der Waals surface area contributed by atoms with Crippen molar-refractivity contribution in [2.75, 3.05) is 13.2 Å². The minimum absolute atomic E-state index is 0.113. The summed E-state index contributed by atoms with van der Waals surface area (Å²) >= 11 is 0. The van der Waals surface area contributed by atoms with E-state index in [1.807, 2.05) is 0 Å². The van der Waals surface area contributed by atoms with Crippen LogP contribution >= 0.6 is 0 Å². The molecule has 0 aromatic heterocycles. The summed E-state index contributed by atoms with van der Waals surface area (Å²) in [6, 6.07) is 0. The van der Waals surface area contributed by atoms with Crippen molar-refractivity contribution in [3.05, 3.63) is 12.7 Å². The molecule has 0 rings (SSSR count). The molecule has 5 nitrogen and oxygen atoms in total. The van der Waals surface area contributed by atoms with Crippen LogP contribution in [0.4, 0.5) is 0 Å². The van der Waals surface area contributed by atoms with E-state index in [0.29, 0.717) is 19.4 Å². The predicted molar refractivity (Wildman–Crippen MR) is 118 cm³/mol. The molecule has 0 aliphatic rings. The van der Waals surface area contributed by atoms with Crippen molar-refractivity contribution in [1.82, 2.24) is 0 Å². The van der Waals surface area contributed by atoms with Crippen LogP contribution < -0.4 is 0 Å². The molecule has 0 saturated carbocycles. The number of hydrogen-bond acceptors (Lipinski definition) is 5. The Morgan fingerprint density at radius 1 is 0.724 bits per heavy atom. The van der Waals surface area contributed by atoms with Gasteiger partial charge in [-0.25, -0.2) is 0 Å². The largest absolute Gasteiger partial charge is 0.461 e. The van der Waals surface area contributed by atoms with Crippen LogP contribution in [-0.4, -0.2) is 41.3 Å². The zero-order chi connectivity index (χ0) is 21.6. The van der Waals surface area contributed by atoms with Crippen LogP contribution in [0.3, 0.4) is 0 Å². The monoisotopic (exact) mass is 412 g/mol.